The highest BCUT2D eigenvalue weighted by molar-refractivity contribution is 6.08. The summed E-state index contributed by atoms with van der Waals surface area (Å²) in [7, 11) is 0. The number of hydrogen-bond donors (Lipinski definition) is 0. The monoisotopic (exact) mass is 680 g/mol. The van der Waals surface area contributed by atoms with E-state index in [9.17, 15) is 24.0 Å². The minimum Gasteiger partial charge on any atom is -0.303 e. The Morgan fingerprint density at radius 1 is 0.627 bits per heavy atom. The fourth-order valence-corrected chi connectivity index (χ4v) is 6.16. The van der Waals surface area contributed by atoms with Gasteiger partial charge in [-0.3, -0.25) is 19.2 Å². The van der Waals surface area contributed by atoms with Crippen LogP contribution in [0, 0.1) is 16.7 Å². The molecule has 2 unspecified atom stereocenters. The molecule has 0 saturated heterocycles. The number of benzene rings is 5. The molecule has 0 aliphatic heterocycles. The Hall–Kier alpha value is -5.55. The first kappa shape index (κ1) is 39.9. The Morgan fingerprint density at radius 2 is 1.04 bits per heavy atom. The van der Waals surface area contributed by atoms with Gasteiger partial charge in [-0.25, -0.2) is 0 Å². The van der Waals surface area contributed by atoms with Crippen LogP contribution < -0.4 is 0 Å². The Labute approximate surface area is 302 Å². The van der Waals surface area contributed by atoms with Crippen LogP contribution in [0.5, 0.6) is 0 Å². The van der Waals surface area contributed by atoms with Crippen LogP contribution in [0.2, 0.25) is 0 Å². The first-order valence-electron chi connectivity index (χ1n) is 17.2. The molecule has 2 aliphatic carbocycles. The van der Waals surface area contributed by atoms with Crippen LogP contribution in [-0.4, -0.2) is 29.9 Å². The standard InChI is InChI=1S/C13H10O.C10H16O.2C8H8O.C7H6O/c14-13(11-7-3-1-4-8-11)12-9-5-2-6-10-12;1-9(2)7-4-5-10(9,3)8(11)6-7;1-7(9)8-5-3-2-4-6-8;9-7-6-8-4-2-1-3-5-8;8-6-7-4-2-1-3-5-7/h1-10H;7H,4-6H2,1-3H3;2-6H,1H3;1-5,7H,6H2;1-6H. The molecule has 5 nitrogen and oxygen atoms in total. The molecular formula is C46H48O5. The summed E-state index contributed by atoms with van der Waals surface area (Å²) in [5.41, 5.74) is 4.36. The average molecular weight is 681 g/mol. The van der Waals surface area contributed by atoms with Crippen LogP contribution in [-0.2, 0) is 16.0 Å². The van der Waals surface area contributed by atoms with E-state index in [1.807, 2.05) is 140 Å². The number of carbonyl (C=O) groups is 5. The maximum atomic E-state index is 11.8. The van der Waals surface area contributed by atoms with Gasteiger partial charge in [-0.05, 0) is 36.7 Å². The minimum absolute atomic E-state index is 0.0255. The van der Waals surface area contributed by atoms with Crippen molar-refractivity contribution >= 4 is 29.9 Å². The van der Waals surface area contributed by atoms with Gasteiger partial charge in [-0.1, -0.05) is 172 Å². The van der Waals surface area contributed by atoms with Gasteiger partial charge in [0, 0.05) is 40.5 Å². The van der Waals surface area contributed by atoms with Crippen LogP contribution in [0.3, 0.4) is 0 Å². The van der Waals surface area contributed by atoms with Crippen molar-refractivity contribution in [2.75, 3.05) is 0 Å². The summed E-state index contributed by atoms with van der Waals surface area (Å²) in [6.45, 7) is 8.24. The number of aldehydes is 2. The molecule has 0 N–H and O–H groups in total. The molecule has 0 radical (unpaired) electrons. The molecule has 0 spiro atoms. The van der Waals surface area contributed by atoms with Gasteiger partial charge >= 0.3 is 0 Å². The molecule has 5 heteroatoms. The smallest absolute Gasteiger partial charge is 0.193 e. The highest BCUT2D eigenvalue weighted by atomic mass is 16.1. The van der Waals surface area contributed by atoms with Crippen LogP contribution in [0.1, 0.15) is 89.2 Å². The number of ketones is 3. The zero-order valence-corrected chi connectivity index (χ0v) is 30.0. The normalized spacial score (nSPS) is 17.3. The van der Waals surface area contributed by atoms with Crippen molar-refractivity contribution in [3.63, 3.8) is 0 Å². The van der Waals surface area contributed by atoms with Gasteiger partial charge in [0.15, 0.2) is 11.6 Å². The second-order valence-corrected chi connectivity index (χ2v) is 13.3. The summed E-state index contributed by atoms with van der Waals surface area (Å²) in [6, 6.07) is 46.6. The maximum Gasteiger partial charge on any atom is 0.193 e. The van der Waals surface area contributed by atoms with Gasteiger partial charge in [0.05, 0.1) is 0 Å². The van der Waals surface area contributed by atoms with E-state index < -0.39 is 0 Å². The summed E-state index contributed by atoms with van der Waals surface area (Å²) in [6.07, 6.45) is 5.53. The molecule has 262 valence electrons. The molecule has 2 bridgehead atoms. The predicted molar refractivity (Wildman–Crippen MR) is 205 cm³/mol. The van der Waals surface area contributed by atoms with Gasteiger partial charge in [0.25, 0.3) is 0 Å². The lowest BCUT2D eigenvalue weighted by molar-refractivity contribution is -0.128. The Bertz CT molecular complexity index is 1760. The van der Waals surface area contributed by atoms with Crippen molar-refractivity contribution in [2.45, 2.75) is 53.4 Å². The Kier molecular flexibility index (Phi) is 15.8. The molecule has 5 aromatic carbocycles. The van der Waals surface area contributed by atoms with Gasteiger partial charge < -0.3 is 4.79 Å². The number of carbonyl (C=O) groups excluding carboxylic acids is 5. The van der Waals surface area contributed by atoms with E-state index in [0.29, 0.717) is 18.1 Å². The summed E-state index contributed by atoms with van der Waals surface area (Å²) in [4.78, 5) is 54.0. The fourth-order valence-electron chi connectivity index (χ4n) is 6.16. The molecule has 0 amide bonds. The lowest BCUT2D eigenvalue weighted by Crippen LogP contribution is -2.32. The van der Waals surface area contributed by atoms with Crippen molar-refractivity contribution in [3.8, 4) is 0 Å². The van der Waals surface area contributed by atoms with Crippen LogP contribution in [0.4, 0.5) is 0 Å². The highest BCUT2D eigenvalue weighted by Crippen LogP contribution is 2.63. The van der Waals surface area contributed by atoms with E-state index in [0.717, 1.165) is 53.2 Å². The topological polar surface area (TPSA) is 85.3 Å². The average Bonchev–Trinajstić information content (AvgIpc) is 3.51. The van der Waals surface area contributed by atoms with Crippen LogP contribution >= 0.6 is 0 Å². The first-order chi connectivity index (χ1) is 24.5. The SMILES string of the molecule is CC(=O)c1ccccc1.CC12CCC(CC1=O)C2(C)C.O=C(c1ccccc1)c1ccccc1.O=CCc1ccccc1.O=Cc1ccccc1. The summed E-state index contributed by atoms with van der Waals surface area (Å²) < 4.78 is 0. The van der Waals surface area contributed by atoms with E-state index in [1.54, 1.807) is 19.1 Å². The van der Waals surface area contributed by atoms with Crippen molar-refractivity contribution in [1.29, 1.82) is 0 Å². The van der Waals surface area contributed by atoms with Gasteiger partial charge in [0.2, 0.25) is 0 Å². The Balaban J connectivity index is 0.000000175. The fraction of sp³-hybridized carbons (Fsp3) is 0.239. The molecular weight excluding hydrogens is 633 g/mol. The molecule has 7 rings (SSSR count). The lowest BCUT2D eigenvalue weighted by Gasteiger charge is -2.32. The third-order valence-electron chi connectivity index (χ3n) is 9.83. The number of hydrogen-bond acceptors (Lipinski definition) is 5. The predicted octanol–water partition coefficient (Wildman–Crippen LogP) is 10.1. The third-order valence-corrected chi connectivity index (χ3v) is 9.83. The van der Waals surface area contributed by atoms with Gasteiger partial charge in [-0.2, -0.15) is 0 Å². The second kappa shape index (κ2) is 20.2. The van der Waals surface area contributed by atoms with E-state index in [2.05, 4.69) is 20.8 Å². The minimum atomic E-state index is 0.0255. The van der Waals surface area contributed by atoms with Crippen molar-refractivity contribution in [3.05, 3.63) is 179 Å². The molecule has 2 aliphatic rings. The molecule has 5 aromatic rings. The first-order valence-corrected chi connectivity index (χ1v) is 17.2. The summed E-state index contributed by atoms with van der Waals surface area (Å²) in [5, 5.41) is 0. The Morgan fingerprint density at radius 3 is 1.31 bits per heavy atom. The molecule has 2 atom stereocenters. The van der Waals surface area contributed by atoms with Gasteiger partial charge in [-0.15, -0.1) is 0 Å². The summed E-state index contributed by atoms with van der Waals surface area (Å²) in [5.74, 6) is 1.39. The third kappa shape index (κ3) is 11.8. The molecule has 2 fully saturated rings. The van der Waals surface area contributed by atoms with E-state index >= 15 is 0 Å². The van der Waals surface area contributed by atoms with Crippen LogP contribution in [0.15, 0.2) is 152 Å². The quantitative estimate of drug-likeness (QED) is 0.132. The number of fused-ring (bicyclic) bond motifs is 2. The van der Waals surface area contributed by atoms with E-state index in [4.69, 9.17) is 0 Å². The van der Waals surface area contributed by atoms with E-state index in [-0.39, 0.29) is 22.4 Å². The summed E-state index contributed by atoms with van der Waals surface area (Å²) >= 11 is 0. The van der Waals surface area contributed by atoms with Crippen molar-refractivity contribution in [1.82, 2.24) is 0 Å². The zero-order valence-electron chi connectivity index (χ0n) is 30.0. The molecule has 2 saturated carbocycles. The number of Topliss-reactive ketones (excluding diaryl/α,β-unsaturated/α-hetero) is 2. The second-order valence-electron chi connectivity index (χ2n) is 13.3. The van der Waals surface area contributed by atoms with Crippen LogP contribution in [0.25, 0.3) is 0 Å². The van der Waals surface area contributed by atoms with Crippen molar-refractivity contribution < 1.29 is 24.0 Å². The van der Waals surface area contributed by atoms with Gasteiger partial charge in [0.1, 0.15) is 18.4 Å². The van der Waals surface area contributed by atoms with E-state index in [1.165, 1.54) is 6.42 Å². The van der Waals surface area contributed by atoms with Crippen molar-refractivity contribution in [2.24, 2.45) is 16.7 Å². The molecule has 0 heterocycles. The largest absolute Gasteiger partial charge is 0.303 e. The zero-order chi connectivity index (χ0) is 37.1. The highest BCUT2D eigenvalue weighted by Gasteiger charge is 2.61. The maximum absolute atomic E-state index is 11.8. The molecule has 51 heavy (non-hydrogen) atoms. The molecule has 0 aromatic heterocycles. The number of rotatable bonds is 6. The lowest BCUT2D eigenvalue weighted by atomic mass is 9.70.